The van der Waals surface area contributed by atoms with Crippen molar-refractivity contribution >= 4 is 11.3 Å². The number of thiophene rings is 1. The molecule has 0 amide bonds. The van der Waals surface area contributed by atoms with Crippen molar-refractivity contribution in [1.82, 2.24) is 0 Å². The first-order valence-electron chi connectivity index (χ1n) is 7.15. The number of hydrogen-bond acceptors (Lipinski definition) is 1. The topological polar surface area (TPSA) is 0 Å². The standard InChI is InChI=1S/C19H16S/c1-2-18-19-16-10-6-4-8-14(16)11-13-7-3-5-9-15(13)17(19)12-20-18/h3-10,12H,2,11H2,1H3. The third kappa shape index (κ3) is 1.66. The molecule has 4 rings (SSSR count). The summed E-state index contributed by atoms with van der Waals surface area (Å²) in [6, 6.07) is 17.7. The summed E-state index contributed by atoms with van der Waals surface area (Å²) in [7, 11) is 0. The van der Waals surface area contributed by atoms with Crippen molar-refractivity contribution in [3.63, 3.8) is 0 Å². The highest BCUT2D eigenvalue weighted by atomic mass is 32.1. The molecular formula is C19H16S. The highest BCUT2D eigenvalue weighted by Gasteiger charge is 2.21. The van der Waals surface area contributed by atoms with Gasteiger partial charge in [-0.1, -0.05) is 55.5 Å². The monoisotopic (exact) mass is 276 g/mol. The van der Waals surface area contributed by atoms with Crippen LogP contribution in [0.4, 0.5) is 0 Å². The summed E-state index contributed by atoms with van der Waals surface area (Å²) in [5.41, 5.74) is 8.63. The molecule has 0 atom stereocenters. The fraction of sp³-hybridized carbons (Fsp3) is 0.158. The number of benzene rings is 2. The van der Waals surface area contributed by atoms with E-state index in [0.717, 1.165) is 12.8 Å². The van der Waals surface area contributed by atoms with Gasteiger partial charge < -0.3 is 0 Å². The molecule has 98 valence electrons. The second kappa shape index (κ2) is 4.60. The third-order valence-corrected chi connectivity index (χ3v) is 5.29. The van der Waals surface area contributed by atoms with Gasteiger partial charge in [-0.25, -0.2) is 0 Å². The summed E-state index contributed by atoms with van der Waals surface area (Å²) in [5, 5.41) is 2.34. The number of aryl methyl sites for hydroxylation is 1. The van der Waals surface area contributed by atoms with Gasteiger partial charge >= 0.3 is 0 Å². The maximum absolute atomic E-state index is 2.34. The highest BCUT2D eigenvalue weighted by Crippen LogP contribution is 2.45. The van der Waals surface area contributed by atoms with Crippen molar-refractivity contribution in [2.24, 2.45) is 0 Å². The Balaban J connectivity index is 2.12. The van der Waals surface area contributed by atoms with Crippen LogP contribution < -0.4 is 0 Å². The molecule has 20 heavy (non-hydrogen) atoms. The lowest BCUT2D eigenvalue weighted by Crippen LogP contribution is -1.90. The summed E-state index contributed by atoms with van der Waals surface area (Å²) >= 11 is 1.90. The molecular weight excluding hydrogens is 260 g/mol. The zero-order valence-electron chi connectivity index (χ0n) is 11.5. The molecule has 0 aliphatic heterocycles. The Morgan fingerprint density at radius 2 is 1.50 bits per heavy atom. The van der Waals surface area contributed by atoms with Gasteiger partial charge in [0.1, 0.15) is 0 Å². The predicted octanol–water partition coefficient (Wildman–Crippen LogP) is 5.55. The molecule has 0 N–H and O–H groups in total. The maximum Gasteiger partial charge on any atom is 0.0127 e. The van der Waals surface area contributed by atoms with Gasteiger partial charge in [-0.05, 0) is 40.5 Å². The van der Waals surface area contributed by atoms with Crippen molar-refractivity contribution in [2.75, 3.05) is 0 Å². The number of hydrogen-bond donors (Lipinski definition) is 0. The van der Waals surface area contributed by atoms with Crippen LogP contribution in [0.3, 0.4) is 0 Å². The second-order valence-corrected chi connectivity index (χ2v) is 6.26. The second-order valence-electron chi connectivity index (χ2n) is 5.29. The molecule has 0 bridgehead atoms. The van der Waals surface area contributed by atoms with E-state index >= 15 is 0 Å². The molecule has 1 heteroatoms. The molecule has 0 fully saturated rings. The molecule has 0 nitrogen and oxygen atoms in total. The normalized spacial score (nSPS) is 12.2. The summed E-state index contributed by atoms with van der Waals surface area (Å²) in [5.74, 6) is 0. The average Bonchev–Trinajstić information content (AvgIpc) is 2.86. The van der Waals surface area contributed by atoms with Crippen molar-refractivity contribution < 1.29 is 0 Å². The van der Waals surface area contributed by atoms with Gasteiger partial charge in [0.2, 0.25) is 0 Å². The van der Waals surface area contributed by atoms with Gasteiger partial charge in [0.05, 0.1) is 0 Å². The zero-order valence-corrected chi connectivity index (χ0v) is 12.3. The molecule has 3 aromatic rings. The zero-order chi connectivity index (χ0) is 13.5. The summed E-state index contributed by atoms with van der Waals surface area (Å²) in [6.45, 7) is 2.26. The van der Waals surface area contributed by atoms with E-state index in [1.807, 2.05) is 11.3 Å². The van der Waals surface area contributed by atoms with Crippen LogP contribution in [-0.4, -0.2) is 0 Å². The van der Waals surface area contributed by atoms with Crippen LogP contribution in [0, 0.1) is 0 Å². The third-order valence-electron chi connectivity index (χ3n) is 4.16. The van der Waals surface area contributed by atoms with Crippen molar-refractivity contribution in [3.05, 3.63) is 69.9 Å². The summed E-state index contributed by atoms with van der Waals surface area (Å²) in [6.07, 6.45) is 2.14. The minimum Gasteiger partial charge on any atom is -0.148 e. The predicted molar refractivity (Wildman–Crippen MR) is 87.4 cm³/mol. The first-order chi connectivity index (χ1) is 9.88. The maximum atomic E-state index is 2.34. The van der Waals surface area contributed by atoms with Crippen LogP contribution in [0.25, 0.3) is 22.3 Å². The lowest BCUT2D eigenvalue weighted by atomic mass is 9.96. The van der Waals surface area contributed by atoms with E-state index in [9.17, 15) is 0 Å². The van der Waals surface area contributed by atoms with Gasteiger partial charge in [-0.3, -0.25) is 0 Å². The van der Waals surface area contributed by atoms with Crippen LogP contribution in [-0.2, 0) is 12.8 Å². The van der Waals surface area contributed by atoms with Gasteiger partial charge in [0.15, 0.2) is 0 Å². The van der Waals surface area contributed by atoms with E-state index in [4.69, 9.17) is 0 Å². The molecule has 1 heterocycles. The first-order valence-corrected chi connectivity index (χ1v) is 8.03. The Morgan fingerprint density at radius 3 is 2.25 bits per heavy atom. The fourth-order valence-electron chi connectivity index (χ4n) is 3.21. The molecule has 1 aliphatic carbocycles. The molecule has 1 aliphatic rings. The number of rotatable bonds is 1. The first kappa shape index (κ1) is 11.9. The van der Waals surface area contributed by atoms with Crippen molar-refractivity contribution in [3.8, 4) is 22.3 Å². The van der Waals surface area contributed by atoms with Crippen molar-refractivity contribution in [2.45, 2.75) is 19.8 Å². The highest BCUT2D eigenvalue weighted by molar-refractivity contribution is 7.11. The molecule has 0 saturated carbocycles. The van der Waals surface area contributed by atoms with Crippen LogP contribution in [0.2, 0.25) is 0 Å². The lowest BCUT2D eigenvalue weighted by Gasteiger charge is -2.08. The Morgan fingerprint density at radius 1 is 0.850 bits per heavy atom. The minimum atomic E-state index is 1.04. The van der Waals surface area contributed by atoms with Crippen LogP contribution >= 0.6 is 11.3 Å². The SMILES string of the molecule is CCc1scc2c1-c1ccccc1Cc1ccccc1-2. The van der Waals surface area contributed by atoms with E-state index in [1.54, 1.807) is 0 Å². The molecule has 0 saturated heterocycles. The fourth-order valence-corrected chi connectivity index (χ4v) is 4.22. The van der Waals surface area contributed by atoms with E-state index < -0.39 is 0 Å². The van der Waals surface area contributed by atoms with E-state index in [2.05, 4.69) is 60.8 Å². The van der Waals surface area contributed by atoms with E-state index in [1.165, 1.54) is 38.3 Å². The summed E-state index contributed by atoms with van der Waals surface area (Å²) in [4.78, 5) is 1.50. The molecule has 1 aromatic heterocycles. The Kier molecular flexibility index (Phi) is 2.75. The smallest absolute Gasteiger partial charge is 0.0127 e. The van der Waals surface area contributed by atoms with Crippen LogP contribution in [0.15, 0.2) is 53.9 Å². The Hall–Kier alpha value is -1.86. The van der Waals surface area contributed by atoms with Gasteiger partial charge in [-0.15, -0.1) is 11.3 Å². The largest absolute Gasteiger partial charge is 0.148 e. The van der Waals surface area contributed by atoms with Gasteiger partial charge in [0.25, 0.3) is 0 Å². The van der Waals surface area contributed by atoms with E-state index in [0.29, 0.717) is 0 Å². The molecule has 2 aromatic carbocycles. The number of fused-ring (bicyclic) bond motifs is 5. The average molecular weight is 276 g/mol. The molecule has 0 unspecified atom stereocenters. The molecule has 0 radical (unpaired) electrons. The summed E-state index contributed by atoms with van der Waals surface area (Å²) < 4.78 is 0. The quantitative estimate of drug-likeness (QED) is 0.427. The van der Waals surface area contributed by atoms with Crippen molar-refractivity contribution in [1.29, 1.82) is 0 Å². The lowest BCUT2D eigenvalue weighted by molar-refractivity contribution is 1.18. The Bertz CT molecular complexity index is 780. The van der Waals surface area contributed by atoms with E-state index in [-0.39, 0.29) is 0 Å². The Labute approximate surface area is 123 Å². The minimum absolute atomic E-state index is 1.04. The molecule has 0 spiro atoms. The van der Waals surface area contributed by atoms with Gasteiger partial charge in [0, 0.05) is 16.0 Å². The van der Waals surface area contributed by atoms with Crippen LogP contribution in [0.5, 0.6) is 0 Å². The van der Waals surface area contributed by atoms with Crippen LogP contribution in [0.1, 0.15) is 22.9 Å². The van der Waals surface area contributed by atoms with Gasteiger partial charge in [-0.2, -0.15) is 0 Å².